The monoisotopic (exact) mass is 289 g/mol. The molecule has 0 amide bonds. The van der Waals surface area contributed by atoms with Crippen molar-refractivity contribution in [3.8, 4) is 5.75 Å². The zero-order chi connectivity index (χ0) is 14.4. The average Bonchev–Trinajstić information content (AvgIpc) is 2.48. The Hall–Kier alpha value is -1.67. The first kappa shape index (κ1) is 14.7. The fourth-order valence-corrected chi connectivity index (χ4v) is 2.33. The quantitative estimate of drug-likeness (QED) is 0.773. The number of hydrogen-bond acceptors (Lipinski definition) is 2. The van der Waals surface area contributed by atoms with Gasteiger partial charge in [0.2, 0.25) is 0 Å². The van der Waals surface area contributed by atoms with Gasteiger partial charge in [-0.05, 0) is 43.7 Å². The first-order chi connectivity index (χ1) is 9.70. The molecule has 0 aliphatic carbocycles. The summed E-state index contributed by atoms with van der Waals surface area (Å²) < 4.78 is 5.76. The zero-order valence-electron chi connectivity index (χ0n) is 12.0. The number of halogens is 1. The molecule has 2 rings (SSSR count). The lowest BCUT2D eigenvalue weighted by molar-refractivity contribution is 0.324. The van der Waals surface area contributed by atoms with Gasteiger partial charge < -0.3 is 9.64 Å². The van der Waals surface area contributed by atoms with Crippen molar-refractivity contribution < 1.29 is 4.74 Å². The number of hydrogen-bond donors (Lipinski definition) is 0. The minimum Gasteiger partial charge on any atom is -0.492 e. The molecule has 2 aromatic carbocycles. The van der Waals surface area contributed by atoms with Crippen LogP contribution in [-0.2, 0) is 0 Å². The molecule has 2 aromatic rings. The van der Waals surface area contributed by atoms with Crippen molar-refractivity contribution in [2.45, 2.75) is 13.8 Å². The van der Waals surface area contributed by atoms with Crippen LogP contribution >= 0.6 is 11.6 Å². The van der Waals surface area contributed by atoms with Crippen molar-refractivity contribution >= 4 is 17.3 Å². The normalized spacial score (nSPS) is 10.3. The summed E-state index contributed by atoms with van der Waals surface area (Å²) in [6, 6.07) is 15.9. The molecule has 0 radical (unpaired) electrons. The summed E-state index contributed by atoms with van der Waals surface area (Å²) in [4.78, 5) is 2.28. The van der Waals surface area contributed by atoms with E-state index in [4.69, 9.17) is 16.3 Å². The van der Waals surface area contributed by atoms with Gasteiger partial charge in [-0.3, -0.25) is 0 Å². The maximum atomic E-state index is 6.09. The number of nitrogens with zero attached hydrogens (tertiary/aromatic N) is 1. The summed E-state index contributed by atoms with van der Waals surface area (Å²) >= 11 is 6.09. The van der Waals surface area contributed by atoms with E-state index in [1.807, 2.05) is 42.5 Å². The summed E-state index contributed by atoms with van der Waals surface area (Å²) in [6.45, 7) is 6.67. The molecule has 0 N–H and O–H groups in total. The number of ether oxygens (including phenoxy) is 1. The Kier molecular flexibility index (Phi) is 5.31. The predicted octanol–water partition coefficient (Wildman–Crippen LogP) is 4.55. The van der Waals surface area contributed by atoms with Gasteiger partial charge in [-0.15, -0.1) is 0 Å². The SMILES string of the molecule is CCN(CCOc1ccccc1)c1cc(Cl)ccc1C. The van der Waals surface area contributed by atoms with Gasteiger partial charge in [-0.1, -0.05) is 35.9 Å². The summed E-state index contributed by atoms with van der Waals surface area (Å²) in [6.07, 6.45) is 0. The lowest BCUT2D eigenvalue weighted by Crippen LogP contribution is -2.28. The minimum atomic E-state index is 0.657. The fraction of sp³-hybridized carbons (Fsp3) is 0.294. The van der Waals surface area contributed by atoms with Crippen molar-refractivity contribution in [1.29, 1.82) is 0 Å². The summed E-state index contributed by atoms with van der Waals surface area (Å²) in [5, 5.41) is 0.771. The summed E-state index contributed by atoms with van der Waals surface area (Å²) in [7, 11) is 0. The molecule has 0 saturated heterocycles. The van der Waals surface area contributed by atoms with Crippen LogP contribution in [0, 0.1) is 6.92 Å². The van der Waals surface area contributed by atoms with Crippen molar-refractivity contribution in [3.05, 3.63) is 59.1 Å². The molecule has 0 bridgehead atoms. The number of aryl methyl sites for hydroxylation is 1. The molecule has 0 spiro atoms. The summed E-state index contributed by atoms with van der Waals surface area (Å²) in [5.41, 5.74) is 2.41. The molecular weight excluding hydrogens is 270 g/mol. The van der Waals surface area contributed by atoms with E-state index < -0.39 is 0 Å². The Morgan fingerprint density at radius 2 is 1.85 bits per heavy atom. The van der Waals surface area contributed by atoms with E-state index in [0.29, 0.717) is 6.61 Å². The molecule has 0 heterocycles. The van der Waals surface area contributed by atoms with Crippen LogP contribution in [0.1, 0.15) is 12.5 Å². The molecule has 0 aromatic heterocycles. The highest BCUT2D eigenvalue weighted by Crippen LogP contribution is 2.24. The number of anilines is 1. The number of likely N-dealkylation sites (N-methyl/N-ethyl adjacent to an activating group) is 1. The number of para-hydroxylation sites is 1. The van der Waals surface area contributed by atoms with Crippen LogP contribution < -0.4 is 9.64 Å². The lowest BCUT2D eigenvalue weighted by Gasteiger charge is -2.25. The van der Waals surface area contributed by atoms with E-state index in [9.17, 15) is 0 Å². The number of benzene rings is 2. The Morgan fingerprint density at radius 1 is 1.10 bits per heavy atom. The molecule has 0 unspecified atom stereocenters. The molecule has 0 fully saturated rings. The fourth-order valence-electron chi connectivity index (χ4n) is 2.16. The van der Waals surface area contributed by atoms with Crippen LogP contribution in [0.25, 0.3) is 0 Å². The Balaban J connectivity index is 1.97. The van der Waals surface area contributed by atoms with E-state index in [-0.39, 0.29) is 0 Å². The van der Waals surface area contributed by atoms with Crippen LogP contribution in [0.4, 0.5) is 5.69 Å². The smallest absolute Gasteiger partial charge is 0.119 e. The van der Waals surface area contributed by atoms with Gasteiger partial charge in [-0.25, -0.2) is 0 Å². The second kappa shape index (κ2) is 7.20. The van der Waals surface area contributed by atoms with E-state index in [1.54, 1.807) is 0 Å². The average molecular weight is 290 g/mol. The van der Waals surface area contributed by atoms with Crippen LogP contribution in [0.2, 0.25) is 5.02 Å². The van der Waals surface area contributed by atoms with Gasteiger partial charge in [0.25, 0.3) is 0 Å². The van der Waals surface area contributed by atoms with Crippen LogP contribution in [-0.4, -0.2) is 19.7 Å². The Bertz CT molecular complexity index is 542. The first-order valence-corrected chi connectivity index (χ1v) is 7.27. The Morgan fingerprint density at radius 3 is 2.55 bits per heavy atom. The van der Waals surface area contributed by atoms with E-state index in [0.717, 1.165) is 23.9 Å². The third-order valence-electron chi connectivity index (χ3n) is 3.27. The molecule has 0 aliphatic heterocycles. The third-order valence-corrected chi connectivity index (χ3v) is 3.50. The molecule has 0 aliphatic rings. The summed E-state index contributed by atoms with van der Waals surface area (Å²) in [5.74, 6) is 0.909. The minimum absolute atomic E-state index is 0.657. The zero-order valence-corrected chi connectivity index (χ0v) is 12.7. The van der Waals surface area contributed by atoms with Gasteiger partial charge in [0.15, 0.2) is 0 Å². The second-order valence-corrected chi connectivity index (χ2v) is 5.11. The Labute approximate surface area is 125 Å². The molecule has 20 heavy (non-hydrogen) atoms. The largest absolute Gasteiger partial charge is 0.492 e. The van der Waals surface area contributed by atoms with Crippen molar-refractivity contribution in [2.24, 2.45) is 0 Å². The topological polar surface area (TPSA) is 12.5 Å². The standard InChI is InChI=1S/C17H20ClNO/c1-3-19(17-13-15(18)10-9-14(17)2)11-12-20-16-7-5-4-6-8-16/h4-10,13H,3,11-12H2,1-2H3. The molecular formula is C17H20ClNO. The maximum absolute atomic E-state index is 6.09. The molecule has 0 atom stereocenters. The van der Waals surface area contributed by atoms with Crippen molar-refractivity contribution in [3.63, 3.8) is 0 Å². The van der Waals surface area contributed by atoms with E-state index >= 15 is 0 Å². The van der Waals surface area contributed by atoms with Gasteiger partial charge in [0.05, 0.1) is 6.54 Å². The van der Waals surface area contributed by atoms with Crippen LogP contribution in [0.15, 0.2) is 48.5 Å². The van der Waals surface area contributed by atoms with Gasteiger partial charge in [0, 0.05) is 17.3 Å². The first-order valence-electron chi connectivity index (χ1n) is 6.89. The maximum Gasteiger partial charge on any atom is 0.119 e. The van der Waals surface area contributed by atoms with E-state index in [2.05, 4.69) is 24.8 Å². The second-order valence-electron chi connectivity index (χ2n) is 4.67. The third kappa shape index (κ3) is 3.91. The molecule has 3 heteroatoms. The van der Waals surface area contributed by atoms with Gasteiger partial charge in [0.1, 0.15) is 12.4 Å². The van der Waals surface area contributed by atoms with Gasteiger partial charge >= 0.3 is 0 Å². The van der Waals surface area contributed by atoms with Crippen LogP contribution in [0.3, 0.4) is 0 Å². The predicted molar refractivity (Wildman–Crippen MR) is 86.0 cm³/mol. The lowest BCUT2D eigenvalue weighted by atomic mass is 10.2. The van der Waals surface area contributed by atoms with Crippen molar-refractivity contribution in [2.75, 3.05) is 24.6 Å². The van der Waals surface area contributed by atoms with Gasteiger partial charge in [-0.2, -0.15) is 0 Å². The highest BCUT2D eigenvalue weighted by Gasteiger charge is 2.08. The molecule has 106 valence electrons. The number of rotatable bonds is 6. The highest BCUT2D eigenvalue weighted by molar-refractivity contribution is 6.30. The highest BCUT2D eigenvalue weighted by atomic mass is 35.5. The molecule has 0 saturated carbocycles. The molecule has 2 nitrogen and oxygen atoms in total. The van der Waals surface area contributed by atoms with Crippen LogP contribution in [0.5, 0.6) is 5.75 Å². The van der Waals surface area contributed by atoms with E-state index in [1.165, 1.54) is 11.3 Å². The van der Waals surface area contributed by atoms with Crippen molar-refractivity contribution in [1.82, 2.24) is 0 Å².